The van der Waals surface area contributed by atoms with Crippen LogP contribution >= 0.6 is 11.6 Å². The zero-order valence-electron chi connectivity index (χ0n) is 11.3. The van der Waals surface area contributed by atoms with Gasteiger partial charge in [-0.2, -0.15) is 5.10 Å². The number of aromatic nitrogens is 2. The Morgan fingerprint density at radius 1 is 1.35 bits per heavy atom. The van der Waals surface area contributed by atoms with Crippen LogP contribution in [0.2, 0.25) is 5.02 Å². The Kier molecular flexibility index (Phi) is 4.40. The van der Waals surface area contributed by atoms with E-state index in [1.54, 1.807) is 6.92 Å². The van der Waals surface area contributed by atoms with Crippen molar-refractivity contribution in [3.63, 3.8) is 0 Å². The van der Waals surface area contributed by atoms with Crippen molar-refractivity contribution in [3.05, 3.63) is 46.2 Å². The van der Waals surface area contributed by atoms with E-state index in [1.165, 1.54) is 18.3 Å². The molecule has 6 heteroatoms. The first-order valence-electron chi connectivity index (χ1n) is 6.38. The van der Waals surface area contributed by atoms with Gasteiger partial charge in [0.05, 0.1) is 10.7 Å². The average Bonchev–Trinajstić information content (AvgIpc) is 2.68. The van der Waals surface area contributed by atoms with Crippen molar-refractivity contribution in [2.75, 3.05) is 0 Å². The lowest BCUT2D eigenvalue weighted by molar-refractivity contribution is 0.552. The van der Waals surface area contributed by atoms with Gasteiger partial charge in [0.2, 0.25) is 0 Å². The lowest BCUT2D eigenvalue weighted by Crippen LogP contribution is -2.21. The monoisotopic (exact) mass is 299 g/mol. The van der Waals surface area contributed by atoms with E-state index in [-0.39, 0.29) is 11.7 Å². The van der Waals surface area contributed by atoms with Gasteiger partial charge < -0.3 is 5.73 Å². The molecule has 1 aromatic heterocycles. The number of hydrogen-bond donors (Lipinski definition) is 1. The van der Waals surface area contributed by atoms with Crippen LogP contribution in [0.5, 0.6) is 0 Å². The van der Waals surface area contributed by atoms with E-state index in [4.69, 9.17) is 17.3 Å². The molecule has 1 heterocycles. The molecule has 2 aromatic rings. The second-order valence-electron chi connectivity index (χ2n) is 4.79. The molecule has 1 atom stereocenters. The minimum absolute atomic E-state index is 0.110. The van der Waals surface area contributed by atoms with Crippen LogP contribution in [-0.2, 0) is 6.42 Å². The van der Waals surface area contributed by atoms with E-state index in [9.17, 15) is 8.78 Å². The van der Waals surface area contributed by atoms with E-state index in [0.29, 0.717) is 22.7 Å². The van der Waals surface area contributed by atoms with Gasteiger partial charge in [0.1, 0.15) is 5.69 Å². The molecule has 3 nitrogen and oxygen atoms in total. The number of benzene rings is 1. The van der Waals surface area contributed by atoms with Gasteiger partial charge >= 0.3 is 0 Å². The second kappa shape index (κ2) is 5.89. The van der Waals surface area contributed by atoms with Crippen LogP contribution in [0.3, 0.4) is 0 Å². The second-order valence-corrected chi connectivity index (χ2v) is 5.19. The first-order valence-corrected chi connectivity index (χ1v) is 6.75. The number of hydrogen-bond acceptors (Lipinski definition) is 2. The van der Waals surface area contributed by atoms with Gasteiger partial charge in [-0.25, -0.2) is 13.5 Å². The summed E-state index contributed by atoms with van der Waals surface area (Å²) in [6.45, 7) is 3.60. The van der Waals surface area contributed by atoms with Gasteiger partial charge in [0, 0.05) is 12.2 Å². The van der Waals surface area contributed by atoms with Crippen LogP contribution in [0.15, 0.2) is 18.3 Å². The number of nitrogens with zero attached hydrogens (tertiary/aromatic N) is 2. The zero-order chi connectivity index (χ0) is 14.9. The molecule has 1 unspecified atom stereocenters. The Morgan fingerprint density at radius 3 is 2.40 bits per heavy atom. The average molecular weight is 300 g/mol. The van der Waals surface area contributed by atoms with E-state index >= 15 is 0 Å². The van der Waals surface area contributed by atoms with Gasteiger partial charge in [-0.3, -0.25) is 0 Å². The molecular weight excluding hydrogens is 284 g/mol. The molecule has 0 fully saturated rings. The third-order valence-corrected chi connectivity index (χ3v) is 3.54. The molecule has 0 spiro atoms. The van der Waals surface area contributed by atoms with Crippen LogP contribution < -0.4 is 5.73 Å². The highest BCUT2D eigenvalue weighted by Crippen LogP contribution is 2.23. The van der Waals surface area contributed by atoms with Gasteiger partial charge in [-0.15, -0.1) is 0 Å². The minimum atomic E-state index is -0.678. The van der Waals surface area contributed by atoms with Crippen LogP contribution in [0.1, 0.15) is 24.6 Å². The fraction of sp³-hybridized carbons (Fsp3) is 0.357. The smallest absolute Gasteiger partial charge is 0.152 e. The number of aryl methyl sites for hydroxylation is 1. The number of rotatable bonds is 4. The molecule has 0 amide bonds. The molecule has 0 aliphatic heterocycles. The Morgan fingerprint density at radius 2 is 1.95 bits per heavy atom. The molecule has 0 aliphatic rings. The van der Waals surface area contributed by atoms with Gasteiger partial charge in [0.15, 0.2) is 11.6 Å². The van der Waals surface area contributed by atoms with Crippen LogP contribution in [0, 0.1) is 18.6 Å². The van der Waals surface area contributed by atoms with Gasteiger partial charge in [-0.1, -0.05) is 18.5 Å². The molecule has 20 heavy (non-hydrogen) atoms. The summed E-state index contributed by atoms with van der Waals surface area (Å²) in [7, 11) is 0. The molecule has 1 aromatic carbocycles. The normalized spacial score (nSPS) is 12.7. The topological polar surface area (TPSA) is 43.8 Å². The maximum absolute atomic E-state index is 14.1. The molecule has 0 saturated heterocycles. The third kappa shape index (κ3) is 2.99. The van der Waals surface area contributed by atoms with E-state index in [0.717, 1.165) is 11.1 Å². The van der Waals surface area contributed by atoms with Gasteiger partial charge in [0.25, 0.3) is 0 Å². The van der Waals surface area contributed by atoms with Crippen molar-refractivity contribution in [1.82, 2.24) is 9.78 Å². The first-order chi connectivity index (χ1) is 9.42. The van der Waals surface area contributed by atoms with Crippen molar-refractivity contribution in [2.24, 2.45) is 5.73 Å². The van der Waals surface area contributed by atoms with E-state index in [2.05, 4.69) is 5.10 Å². The Balaban J connectivity index is 2.41. The summed E-state index contributed by atoms with van der Waals surface area (Å²) in [5.74, 6) is -1.36. The summed E-state index contributed by atoms with van der Waals surface area (Å²) in [5.41, 5.74) is 6.62. The summed E-state index contributed by atoms with van der Waals surface area (Å²) < 4.78 is 29.3. The van der Waals surface area contributed by atoms with Crippen molar-refractivity contribution >= 4 is 11.6 Å². The molecule has 0 radical (unpaired) electrons. The molecule has 108 valence electrons. The van der Waals surface area contributed by atoms with Crippen LogP contribution in [0.25, 0.3) is 5.69 Å². The Hall–Kier alpha value is -1.46. The predicted molar refractivity (Wildman–Crippen MR) is 75.2 cm³/mol. The maximum Gasteiger partial charge on any atom is 0.152 e. The molecular formula is C14H16ClF2N3. The van der Waals surface area contributed by atoms with Gasteiger partial charge in [-0.05, 0) is 37.5 Å². The highest BCUT2D eigenvalue weighted by molar-refractivity contribution is 6.31. The number of nitrogens with two attached hydrogens (primary N) is 1. The lowest BCUT2D eigenvalue weighted by Gasteiger charge is -2.11. The Bertz CT molecular complexity index is 582. The molecule has 0 aliphatic carbocycles. The van der Waals surface area contributed by atoms with Crippen molar-refractivity contribution in [2.45, 2.75) is 32.7 Å². The largest absolute Gasteiger partial charge is 0.327 e. The minimum Gasteiger partial charge on any atom is -0.327 e. The summed E-state index contributed by atoms with van der Waals surface area (Å²) in [4.78, 5) is 0. The highest BCUT2D eigenvalue weighted by Gasteiger charge is 2.16. The Labute approximate surface area is 121 Å². The summed E-state index contributed by atoms with van der Waals surface area (Å²) >= 11 is 5.86. The predicted octanol–water partition coefficient (Wildman–Crippen LogP) is 3.39. The standard InChI is InChI=1S/C14H16ClF2N3/c1-3-10(18)4-9-5-12(16)14(13(17)6-9)20-7-11(15)8(2)19-20/h5-7,10H,3-4,18H2,1-2H3. The molecule has 2 rings (SSSR count). The van der Waals surface area contributed by atoms with Crippen molar-refractivity contribution < 1.29 is 8.78 Å². The lowest BCUT2D eigenvalue weighted by atomic mass is 10.0. The van der Waals surface area contributed by atoms with Crippen molar-refractivity contribution in [1.29, 1.82) is 0 Å². The third-order valence-electron chi connectivity index (χ3n) is 3.17. The molecule has 0 saturated carbocycles. The number of halogens is 3. The molecule has 2 N–H and O–H groups in total. The van der Waals surface area contributed by atoms with E-state index in [1.807, 2.05) is 6.92 Å². The molecule has 0 bridgehead atoms. The fourth-order valence-corrected chi connectivity index (χ4v) is 2.09. The van der Waals surface area contributed by atoms with E-state index < -0.39 is 11.6 Å². The summed E-state index contributed by atoms with van der Waals surface area (Å²) in [6, 6.07) is 2.47. The summed E-state index contributed by atoms with van der Waals surface area (Å²) in [5, 5.41) is 4.35. The fourth-order valence-electron chi connectivity index (χ4n) is 1.96. The summed E-state index contributed by atoms with van der Waals surface area (Å²) in [6.07, 6.45) is 2.57. The van der Waals surface area contributed by atoms with Crippen molar-refractivity contribution in [3.8, 4) is 5.69 Å². The quantitative estimate of drug-likeness (QED) is 0.940. The highest BCUT2D eigenvalue weighted by atomic mass is 35.5. The zero-order valence-corrected chi connectivity index (χ0v) is 12.1. The maximum atomic E-state index is 14.1. The first kappa shape index (κ1) is 14.9. The van der Waals surface area contributed by atoms with Crippen LogP contribution in [-0.4, -0.2) is 15.8 Å². The van der Waals surface area contributed by atoms with Crippen LogP contribution in [0.4, 0.5) is 8.78 Å². The SMILES string of the molecule is CCC(N)Cc1cc(F)c(-n2cc(Cl)c(C)n2)c(F)c1.